The second-order valence-corrected chi connectivity index (χ2v) is 6.34. The van der Waals surface area contributed by atoms with Crippen molar-refractivity contribution in [1.29, 1.82) is 0 Å². The summed E-state index contributed by atoms with van der Waals surface area (Å²) in [6.07, 6.45) is 0. The molecule has 0 aliphatic rings. The predicted octanol–water partition coefficient (Wildman–Crippen LogP) is 4.58. The lowest BCUT2D eigenvalue weighted by molar-refractivity contribution is -0.389. The van der Waals surface area contributed by atoms with Crippen LogP contribution in [0.25, 0.3) is 0 Å². The average molecular weight is 438 g/mol. The zero-order valence-corrected chi connectivity index (χ0v) is 15.6. The molecular formula is C16H9Cl2N5O6. The molecule has 0 bridgehead atoms. The predicted molar refractivity (Wildman–Crippen MR) is 103 cm³/mol. The summed E-state index contributed by atoms with van der Waals surface area (Å²) in [4.78, 5) is 32.7. The van der Waals surface area contributed by atoms with Crippen molar-refractivity contribution in [2.24, 2.45) is 0 Å². The van der Waals surface area contributed by atoms with Gasteiger partial charge in [0.05, 0.1) is 27.8 Å². The van der Waals surface area contributed by atoms with Crippen LogP contribution in [0, 0.1) is 20.2 Å². The molecule has 11 nitrogen and oxygen atoms in total. The molecule has 2 N–H and O–H groups in total. The number of ether oxygens (including phenoxy) is 1. The molecule has 0 radical (unpaired) electrons. The zero-order valence-electron chi connectivity index (χ0n) is 14.1. The molecule has 148 valence electrons. The highest BCUT2D eigenvalue weighted by atomic mass is 35.5. The lowest BCUT2D eigenvalue weighted by Gasteiger charge is -2.10. The Balaban J connectivity index is 1.88. The fraction of sp³-hybridized carbons (Fsp3) is 0. The molecular weight excluding hydrogens is 429 g/mol. The Morgan fingerprint density at radius 3 is 2.45 bits per heavy atom. The Kier molecular flexibility index (Phi) is 5.61. The van der Waals surface area contributed by atoms with Gasteiger partial charge in [-0.15, -0.1) is 5.10 Å². The molecule has 1 amide bonds. The second-order valence-electron chi connectivity index (χ2n) is 5.50. The third-order valence-electron chi connectivity index (χ3n) is 3.48. The van der Waals surface area contributed by atoms with Crippen LogP contribution in [0.15, 0.2) is 42.5 Å². The van der Waals surface area contributed by atoms with Gasteiger partial charge in [-0.25, -0.2) is 0 Å². The van der Waals surface area contributed by atoms with E-state index >= 15 is 0 Å². The van der Waals surface area contributed by atoms with E-state index in [4.69, 9.17) is 27.9 Å². The fourth-order valence-corrected chi connectivity index (χ4v) is 2.67. The van der Waals surface area contributed by atoms with Crippen molar-refractivity contribution in [2.45, 2.75) is 0 Å². The molecule has 1 heterocycles. The van der Waals surface area contributed by atoms with E-state index in [0.29, 0.717) is 5.02 Å². The van der Waals surface area contributed by atoms with E-state index in [1.54, 1.807) is 0 Å². The first kappa shape index (κ1) is 20.0. The Bertz CT molecular complexity index is 1130. The molecule has 1 aromatic heterocycles. The average Bonchev–Trinajstić information content (AvgIpc) is 3.14. The van der Waals surface area contributed by atoms with Crippen molar-refractivity contribution < 1.29 is 19.4 Å². The number of nitro benzene ring substituents is 1. The molecule has 3 rings (SSSR count). The normalized spacial score (nSPS) is 10.4. The Morgan fingerprint density at radius 1 is 1.07 bits per heavy atom. The molecule has 0 fully saturated rings. The summed E-state index contributed by atoms with van der Waals surface area (Å²) in [5, 5.41) is 30.4. The number of rotatable bonds is 6. The maximum absolute atomic E-state index is 12.2. The molecule has 0 spiro atoms. The highest BCUT2D eigenvalue weighted by Crippen LogP contribution is 2.34. The molecule has 0 aliphatic heterocycles. The van der Waals surface area contributed by atoms with Gasteiger partial charge in [0.2, 0.25) is 0 Å². The van der Waals surface area contributed by atoms with Crippen molar-refractivity contribution in [3.05, 3.63) is 78.4 Å². The minimum Gasteiger partial charge on any atom is -0.455 e. The van der Waals surface area contributed by atoms with E-state index in [9.17, 15) is 25.0 Å². The Hall–Kier alpha value is -3.70. The quantitative estimate of drug-likeness (QED) is 0.422. The number of anilines is 1. The monoisotopic (exact) mass is 437 g/mol. The number of amides is 1. The number of aromatic amines is 1. The van der Waals surface area contributed by atoms with E-state index in [2.05, 4.69) is 15.5 Å². The molecule has 2 aromatic carbocycles. The number of aromatic nitrogens is 2. The fourth-order valence-electron chi connectivity index (χ4n) is 2.22. The minimum absolute atomic E-state index is 0.00920. The number of hydrogen-bond donors (Lipinski definition) is 2. The summed E-state index contributed by atoms with van der Waals surface area (Å²) >= 11 is 11.9. The summed E-state index contributed by atoms with van der Waals surface area (Å²) in [6.45, 7) is 0. The molecule has 0 saturated carbocycles. The van der Waals surface area contributed by atoms with Crippen LogP contribution in [0.2, 0.25) is 10.0 Å². The number of nitro groups is 2. The Labute approximate surface area is 171 Å². The van der Waals surface area contributed by atoms with Gasteiger partial charge >= 0.3 is 5.82 Å². The standard InChI is InChI=1S/C16H9Cl2N5O6/c17-8-1-2-14(12(18)3-8)29-11-5-9(4-10(6-11)22(25)26)19-16(24)13-7-15(21-20-13)23(27)28/h1-7H,(H,19,24)(H,20,21). The zero-order chi connectivity index (χ0) is 21.1. The first-order valence-corrected chi connectivity index (χ1v) is 8.42. The van der Waals surface area contributed by atoms with Gasteiger partial charge in [-0.1, -0.05) is 28.3 Å². The highest BCUT2D eigenvalue weighted by molar-refractivity contribution is 6.35. The van der Waals surface area contributed by atoms with E-state index in [0.717, 1.165) is 18.2 Å². The summed E-state index contributed by atoms with van der Waals surface area (Å²) < 4.78 is 5.56. The van der Waals surface area contributed by atoms with Gasteiger partial charge in [0.1, 0.15) is 11.5 Å². The summed E-state index contributed by atoms with van der Waals surface area (Å²) in [5.41, 5.74) is -0.628. The number of nitrogens with zero attached hydrogens (tertiary/aromatic N) is 3. The number of halogens is 2. The molecule has 0 unspecified atom stereocenters. The lowest BCUT2D eigenvalue weighted by Crippen LogP contribution is -2.12. The topological polar surface area (TPSA) is 153 Å². The van der Waals surface area contributed by atoms with Crippen molar-refractivity contribution in [2.75, 3.05) is 5.32 Å². The number of nitrogens with one attached hydrogen (secondary N) is 2. The van der Waals surface area contributed by atoms with Gasteiger partial charge in [0.15, 0.2) is 5.69 Å². The second kappa shape index (κ2) is 8.12. The van der Waals surface area contributed by atoms with Crippen molar-refractivity contribution >= 4 is 46.3 Å². The van der Waals surface area contributed by atoms with Crippen LogP contribution in [0.4, 0.5) is 17.2 Å². The van der Waals surface area contributed by atoms with Gasteiger partial charge < -0.3 is 20.2 Å². The van der Waals surface area contributed by atoms with Crippen LogP contribution in [-0.4, -0.2) is 26.0 Å². The number of carbonyl (C=O) groups is 1. The van der Waals surface area contributed by atoms with E-state index in [1.807, 2.05) is 0 Å². The van der Waals surface area contributed by atoms with Gasteiger partial charge in [0.25, 0.3) is 11.6 Å². The van der Waals surface area contributed by atoms with Crippen LogP contribution in [0.1, 0.15) is 10.5 Å². The number of hydrogen-bond acceptors (Lipinski definition) is 7. The lowest BCUT2D eigenvalue weighted by atomic mass is 10.2. The summed E-state index contributed by atoms with van der Waals surface area (Å²) in [5.74, 6) is -1.08. The molecule has 29 heavy (non-hydrogen) atoms. The molecule has 0 aliphatic carbocycles. The maximum atomic E-state index is 12.2. The highest BCUT2D eigenvalue weighted by Gasteiger charge is 2.19. The molecule has 0 saturated heterocycles. The van der Waals surface area contributed by atoms with Crippen LogP contribution < -0.4 is 10.1 Å². The number of H-pyrrole nitrogens is 1. The van der Waals surface area contributed by atoms with Gasteiger partial charge in [-0.05, 0) is 23.1 Å². The molecule has 13 heteroatoms. The van der Waals surface area contributed by atoms with Crippen molar-refractivity contribution in [3.8, 4) is 11.5 Å². The third-order valence-corrected chi connectivity index (χ3v) is 4.01. The van der Waals surface area contributed by atoms with Gasteiger partial charge in [-0.3, -0.25) is 14.9 Å². The van der Waals surface area contributed by atoms with Crippen LogP contribution >= 0.6 is 23.2 Å². The SMILES string of the molecule is O=C(Nc1cc(Oc2ccc(Cl)cc2Cl)cc([N+](=O)[O-])c1)c1cc([N+](=O)[O-])[nH]n1. The third kappa shape index (κ3) is 4.78. The minimum atomic E-state index is -0.815. The Morgan fingerprint density at radius 2 is 1.83 bits per heavy atom. The molecule has 0 atom stereocenters. The maximum Gasteiger partial charge on any atom is 0.343 e. The van der Waals surface area contributed by atoms with Crippen LogP contribution in [-0.2, 0) is 0 Å². The first-order chi connectivity index (χ1) is 13.7. The van der Waals surface area contributed by atoms with E-state index < -0.39 is 21.6 Å². The van der Waals surface area contributed by atoms with Crippen molar-refractivity contribution in [1.82, 2.24) is 10.2 Å². The number of benzene rings is 2. The largest absolute Gasteiger partial charge is 0.455 e. The number of carbonyl (C=O) groups excluding carboxylic acids is 1. The van der Waals surface area contributed by atoms with Crippen molar-refractivity contribution in [3.63, 3.8) is 0 Å². The van der Waals surface area contributed by atoms with E-state index in [-0.39, 0.29) is 33.6 Å². The summed E-state index contributed by atoms with van der Waals surface area (Å²) in [6, 6.07) is 8.91. The summed E-state index contributed by atoms with van der Waals surface area (Å²) in [7, 11) is 0. The molecule has 3 aromatic rings. The number of non-ortho nitro benzene ring substituents is 1. The smallest absolute Gasteiger partial charge is 0.343 e. The first-order valence-electron chi connectivity index (χ1n) is 7.66. The van der Waals surface area contributed by atoms with Gasteiger partial charge in [-0.2, -0.15) is 0 Å². The van der Waals surface area contributed by atoms with E-state index in [1.165, 1.54) is 24.3 Å². The van der Waals surface area contributed by atoms with Crippen LogP contribution in [0.5, 0.6) is 11.5 Å². The van der Waals surface area contributed by atoms with Crippen LogP contribution in [0.3, 0.4) is 0 Å². The van der Waals surface area contributed by atoms with Gasteiger partial charge in [0, 0.05) is 17.2 Å².